The van der Waals surface area contributed by atoms with Crippen molar-refractivity contribution in [1.82, 2.24) is 15.8 Å². The molecule has 2 aliphatic rings. The molecule has 0 spiro atoms. The van der Waals surface area contributed by atoms with E-state index in [4.69, 9.17) is 4.74 Å². The Morgan fingerprint density at radius 2 is 2.44 bits per heavy atom. The topological polar surface area (TPSA) is 53.6 Å². The summed E-state index contributed by atoms with van der Waals surface area (Å²) in [5, 5.41) is 5.22. The van der Waals surface area contributed by atoms with E-state index in [0.717, 1.165) is 26.1 Å². The molecule has 2 fully saturated rings. The minimum atomic E-state index is 0.182. The summed E-state index contributed by atoms with van der Waals surface area (Å²) in [4.78, 5) is 11.0. The van der Waals surface area contributed by atoms with Gasteiger partial charge in [0.1, 0.15) is 0 Å². The zero-order valence-electron chi connectivity index (χ0n) is 9.87. The van der Waals surface area contributed by atoms with Crippen molar-refractivity contribution in [3.63, 3.8) is 0 Å². The van der Waals surface area contributed by atoms with Crippen LogP contribution in [-0.4, -0.2) is 49.8 Å². The van der Waals surface area contributed by atoms with Gasteiger partial charge in [-0.05, 0) is 19.3 Å². The molecule has 16 heavy (non-hydrogen) atoms. The van der Waals surface area contributed by atoms with Crippen molar-refractivity contribution in [2.45, 2.75) is 37.8 Å². The summed E-state index contributed by atoms with van der Waals surface area (Å²) < 4.78 is 5.19. The maximum atomic E-state index is 11.0. The molecule has 0 unspecified atom stereocenters. The first-order chi connectivity index (χ1) is 7.79. The molecule has 2 aliphatic heterocycles. The van der Waals surface area contributed by atoms with Crippen LogP contribution in [-0.2, 0) is 9.53 Å². The number of carbonyl (C=O) groups is 1. The largest absolute Gasteiger partial charge is 0.383 e. The van der Waals surface area contributed by atoms with Gasteiger partial charge in [0, 0.05) is 38.7 Å². The summed E-state index contributed by atoms with van der Waals surface area (Å²) in [5.74, 6) is 0.182. The smallest absolute Gasteiger partial charge is 0.220 e. The van der Waals surface area contributed by atoms with Crippen molar-refractivity contribution >= 4 is 5.91 Å². The molecule has 0 aromatic rings. The van der Waals surface area contributed by atoms with Crippen LogP contribution < -0.4 is 10.7 Å². The molecule has 2 atom stereocenters. The minimum absolute atomic E-state index is 0.182. The van der Waals surface area contributed by atoms with E-state index >= 15 is 0 Å². The van der Waals surface area contributed by atoms with Crippen LogP contribution in [0.2, 0.25) is 0 Å². The van der Waals surface area contributed by atoms with Gasteiger partial charge < -0.3 is 10.1 Å². The third kappa shape index (κ3) is 2.93. The first-order valence-electron chi connectivity index (χ1n) is 6.08. The first kappa shape index (κ1) is 11.8. The number of hydrazine groups is 1. The van der Waals surface area contributed by atoms with E-state index in [1.54, 1.807) is 7.11 Å². The highest BCUT2D eigenvalue weighted by atomic mass is 16.5. The lowest BCUT2D eigenvalue weighted by molar-refractivity contribution is -0.119. The standard InChI is InChI=1S/C11H21N3O2/c1-16-8-10-3-2-6-14(10)12-7-9-4-5-11(15)13-9/h9-10,12H,2-8H2,1H3,(H,13,15)/t9-,10+/m1/s1. The Hall–Kier alpha value is -0.650. The number of ether oxygens (including phenoxy) is 1. The number of hydrogen-bond acceptors (Lipinski definition) is 4. The molecular weight excluding hydrogens is 206 g/mol. The van der Waals surface area contributed by atoms with Crippen molar-refractivity contribution < 1.29 is 9.53 Å². The van der Waals surface area contributed by atoms with Gasteiger partial charge in [-0.1, -0.05) is 0 Å². The minimum Gasteiger partial charge on any atom is -0.383 e. The van der Waals surface area contributed by atoms with Gasteiger partial charge in [0.25, 0.3) is 0 Å². The number of carbonyl (C=O) groups excluding carboxylic acids is 1. The second-order valence-corrected chi connectivity index (χ2v) is 4.61. The van der Waals surface area contributed by atoms with E-state index in [9.17, 15) is 4.79 Å². The Morgan fingerprint density at radius 1 is 1.56 bits per heavy atom. The van der Waals surface area contributed by atoms with Crippen molar-refractivity contribution in [2.75, 3.05) is 26.8 Å². The summed E-state index contributed by atoms with van der Waals surface area (Å²) >= 11 is 0. The first-order valence-corrected chi connectivity index (χ1v) is 6.08. The SMILES string of the molecule is COC[C@@H]1CCCN1NC[C@H]1CCC(=O)N1. The second kappa shape index (κ2) is 5.61. The number of rotatable bonds is 5. The fourth-order valence-corrected chi connectivity index (χ4v) is 2.47. The number of methoxy groups -OCH3 is 1. The predicted octanol–water partition coefficient (Wildman–Crippen LogP) is -0.120. The van der Waals surface area contributed by atoms with Crippen molar-refractivity contribution in [1.29, 1.82) is 0 Å². The van der Waals surface area contributed by atoms with Crippen molar-refractivity contribution in [2.24, 2.45) is 0 Å². The van der Waals surface area contributed by atoms with Crippen LogP contribution >= 0.6 is 0 Å². The molecule has 5 nitrogen and oxygen atoms in total. The number of hydrogen-bond donors (Lipinski definition) is 2. The quantitative estimate of drug-likeness (QED) is 0.687. The predicted molar refractivity (Wildman–Crippen MR) is 60.8 cm³/mol. The van der Waals surface area contributed by atoms with Crippen LogP contribution in [0.15, 0.2) is 0 Å². The fourth-order valence-electron chi connectivity index (χ4n) is 2.47. The van der Waals surface area contributed by atoms with Crippen LogP contribution in [0.1, 0.15) is 25.7 Å². The summed E-state index contributed by atoms with van der Waals surface area (Å²) in [5.41, 5.74) is 3.42. The van der Waals surface area contributed by atoms with Gasteiger partial charge in [-0.25, -0.2) is 5.01 Å². The third-order valence-corrected chi connectivity index (χ3v) is 3.36. The van der Waals surface area contributed by atoms with Crippen LogP contribution in [0, 0.1) is 0 Å². The molecule has 0 bridgehead atoms. The third-order valence-electron chi connectivity index (χ3n) is 3.36. The zero-order chi connectivity index (χ0) is 11.4. The lowest BCUT2D eigenvalue weighted by Crippen LogP contribution is -2.48. The van der Waals surface area contributed by atoms with Crippen LogP contribution in [0.25, 0.3) is 0 Å². The van der Waals surface area contributed by atoms with Crippen molar-refractivity contribution in [3.8, 4) is 0 Å². The van der Waals surface area contributed by atoms with E-state index < -0.39 is 0 Å². The maximum absolute atomic E-state index is 11.0. The van der Waals surface area contributed by atoms with Crippen LogP contribution in [0.5, 0.6) is 0 Å². The summed E-state index contributed by atoms with van der Waals surface area (Å²) in [6.45, 7) is 2.70. The van der Waals surface area contributed by atoms with Gasteiger partial charge in [0.05, 0.1) is 6.61 Å². The molecule has 0 radical (unpaired) electrons. The molecule has 5 heteroatoms. The molecule has 1 amide bonds. The zero-order valence-corrected chi connectivity index (χ0v) is 9.87. The van der Waals surface area contributed by atoms with Gasteiger partial charge in [0.2, 0.25) is 5.91 Å². The van der Waals surface area contributed by atoms with Gasteiger partial charge in [-0.3, -0.25) is 10.2 Å². The number of amides is 1. The van der Waals surface area contributed by atoms with Gasteiger partial charge in [-0.2, -0.15) is 0 Å². The molecule has 2 rings (SSSR count). The Morgan fingerprint density at radius 3 is 3.12 bits per heavy atom. The van der Waals surface area contributed by atoms with Gasteiger partial charge >= 0.3 is 0 Å². The van der Waals surface area contributed by atoms with E-state index in [-0.39, 0.29) is 5.91 Å². The molecule has 0 aliphatic carbocycles. The molecule has 2 heterocycles. The Labute approximate surface area is 96.5 Å². The Kier molecular flexibility index (Phi) is 4.15. The van der Waals surface area contributed by atoms with Crippen LogP contribution in [0.4, 0.5) is 0 Å². The second-order valence-electron chi connectivity index (χ2n) is 4.61. The van der Waals surface area contributed by atoms with E-state index in [1.807, 2.05) is 0 Å². The molecular formula is C11H21N3O2. The highest BCUT2D eigenvalue weighted by molar-refractivity contribution is 5.78. The van der Waals surface area contributed by atoms with Gasteiger partial charge in [0.15, 0.2) is 0 Å². The van der Waals surface area contributed by atoms with E-state index in [0.29, 0.717) is 18.5 Å². The summed E-state index contributed by atoms with van der Waals surface area (Å²) in [7, 11) is 1.74. The fraction of sp³-hybridized carbons (Fsp3) is 0.909. The van der Waals surface area contributed by atoms with Gasteiger partial charge in [-0.15, -0.1) is 0 Å². The molecule has 92 valence electrons. The highest BCUT2D eigenvalue weighted by Gasteiger charge is 2.26. The highest BCUT2D eigenvalue weighted by Crippen LogP contribution is 2.15. The average Bonchev–Trinajstić information content (AvgIpc) is 2.85. The number of nitrogens with one attached hydrogen (secondary N) is 2. The van der Waals surface area contributed by atoms with E-state index in [2.05, 4.69) is 15.8 Å². The van der Waals surface area contributed by atoms with E-state index in [1.165, 1.54) is 12.8 Å². The normalized spacial score (nSPS) is 30.9. The average molecular weight is 227 g/mol. The number of nitrogens with zero attached hydrogens (tertiary/aromatic N) is 1. The monoisotopic (exact) mass is 227 g/mol. The molecule has 0 saturated carbocycles. The molecule has 0 aromatic carbocycles. The summed E-state index contributed by atoms with van der Waals surface area (Å²) in [6, 6.07) is 0.790. The summed E-state index contributed by atoms with van der Waals surface area (Å²) in [6.07, 6.45) is 4.04. The molecule has 0 aromatic heterocycles. The molecule has 2 saturated heterocycles. The lowest BCUT2D eigenvalue weighted by Gasteiger charge is -2.26. The Bertz CT molecular complexity index is 247. The lowest BCUT2D eigenvalue weighted by atomic mass is 10.2. The van der Waals surface area contributed by atoms with Crippen molar-refractivity contribution in [3.05, 3.63) is 0 Å². The maximum Gasteiger partial charge on any atom is 0.220 e. The van der Waals surface area contributed by atoms with Crippen LogP contribution in [0.3, 0.4) is 0 Å². The molecule has 2 N–H and O–H groups in total. The Balaban J connectivity index is 1.70.